The zero-order chi connectivity index (χ0) is 16.2. The largest absolute Gasteiger partial charge is 0.196 e. The van der Waals surface area contributed by atoms with Crippen molar-refractivity contribution < 1.29 is 0 Å². The van der Waals surface area contributed by atoms with Crippen molar-refractivity contribution in [1.82, 2.24) is 0 Å². The minimum atomic E-state index is -1.55. The van der Waals surface area contributed by atoms with Crippen molar-refractivity contribution in [2.75, 3.05) is 0 Å². The first-order valence-corrected chi connectivity index (χ1v) is 8.26. The quantitative estimate of drug-likeness (QED) is 0.641. The molecule has 0 aromatic heterocycles. The topological polar surface area (TPSA) is 95.2 Å². The Labute approximate surface area is 135 Å². The van der Waals surface area contributed by atoms with E-state index in [0.717, 1.165) is 25.7 Å². The third-order valence-electron chi connectivity index (χ3n) is 6.62. The Kier molecular flexibility index (Phi) is 2.73. The van der Waals surface area contributed by atoms with Gasteiger partial charge < -0.3 is 0 Å². The molecular formula is C19H16N4. The van der Waals surface area contributed by atoms with Gasteiger partial charge in [-0.2, -0.15) is 21.0 Å². The lowest BCUT2D eigenvalue weighted by Crippen LogP contribution is -2.63. The molecule has 4 atom stereocenters. The van der Waals surface area contributed by atoms with Crippen LogP contribution in [0.15, 0.2) is 23.3 Å². The zero-order valence-corrected chi connectivity index (χ0v) is 12.8. The van der Waals surface area contributed by atoms with Crippen LogP contribution >= 0.6 is 0 Å². The van der Waals surface area contributed by atoms with Crippen molar-refractivity contribution >= 4 is 0 Å². The summed E-state index contributed by atoms with van der Waals surface area (Å²) < 4.78 is 0. The highest BCUT2D eigenvalue weighted by molar-refractivity contribution is 5.53. The van der Waals surface area contributed by atoms with E-state index in [0.29, 0.717) is 0 Å². The summed E-state index contributed by atoms with van der Waals surface area (Å²) in [5.74, 6) is -0.285. The van der Waals surface area contributed by atoms with Crippen LogP contribution in [-0.2, 0) is 0 Å². The molecule has 0 spiro atoms. The van der Waals surface area contributed by atoms with E-state index in [4.69, 9.17) is 0 Å². The fraction of sp³-hybridized carbons (Fsp3) is 0.579. The summed E-state index contributed by atoms with van der Waals surface area (Å²) in [5, 5.41) is 39.3. The molecular weight excluding hydrogens is 284 g/mol. The SMILES string of the molecule is N#CC1(C#N)[C@H]2C=C[C@@H]([C@@H]3C4=C(CCCCC4)[C@H]32)C1(C#N)C#N. The van der Waals surface area contributed by atoms with Crippen LogP contribution in [0.25, 0.3) is 0 Å². The van der Waals surface area contributed by atoms with E-state index >= 15 is 0 Å². The van der Waals surface area contributed by atoms with Gasteiger partial charge in [0.1, 0.15) is 0 Å². The number of nitrogens with zero attached hydrogens (tertiary/aromatic N) is 4. The molecule has 1 saturated carbocycles. The average molecular weight is 300 g/mol. The van der Waals surface area contributed by atoms with Gasteiger partial charge in [0, 0.05) is 11.8 Å². The summed E-state index contributed by atoms with van der Waals surface area (Å²) >= 11 is 0. The molecule has 0 aromatic carbocycles. The summed E-state index contributed by atoms with van der Waals surface area (Å²) in [4.78, 5) is 0. The van der Waals surface area contributed by atoms with Crippen molar-refractivity contribution in [2.45, 2.75) is 32.1 Å². The molecule has 5 rings (SSSR count). The molecule has 0 radical (unpaired) electrons. The monoisotopic (exact) mass is 300 g/mol. The molecule has 0 aliphatic heterocycles. The molecule has 2 bridgehead atoms. The lowest BCUT2D eigenvalue weighted by Gasteiger charge is -2.62. The maximum Gasteiger partial charge on any atom is 0.182 e. The Hall–Kier alpha value is -2.56. The van der Waals surface area contributed by atoms with Crippen LogP contribution in [0.4, 0.5) is 0 Å². The molecule has 4 nitrogen and oxygen atoms in total. The molecule has 0 saturated heterocycles. The standard InChI is InChI=1S/C19H16N4/c20-8-18(9-21)14-6-7-15(19(18,10-22)11-23)17-13-5-3-1-2-4-12(13)16(14)17/h6-7,14-17H,1-5H2/t14-,15-,16-,17-/m0/s1. The molecule has 1 fully saturated rings. The van der Waals surface area contributed by atoms with Gasteiger partial charge >= 0.3 is 0 Å². The highest BCUT2D eigenvalue weighted by atomic mass is 14.7. The van der Waals surface area contributed by atoms with Crippen molar-refractivity contribution in [3.8, 4) is 24.3 Å². The summed E-state index contributed by atoms with van der Waals surface area (Å²) in [6, 6.07) is 8.43. The summed E-state index contributed by atoms with van der Waals surface area (Å²) in [5.41, 5.74) is -0.262. The smallest absolute Gasteiger partial charge is 0.182 e. The Morgan fingerprint density at radius 2 is 1.09 bits per heavy atom. The van der Waals surface area contributed by atoms with Crippen molar-refractivity contribution in [1.29, 1.82) is 21.0 Å². The fourth-order valence-electron chi connectivity index (χ4n) is 5.64. The molecule has 112 valence electrons. The van der Waals surface area contributed by atoms with Crippen molar-refractivity contribution in [3.63, 3.8) is 0 Å². The maximum atomic E-state index is 9.82. The fourth-order valence-corrected chi connectivity index (χ4v) is 5.64. The lowest BCUT2D eigenvalue weighted by molar-refractivity contribution is -0.00922. The third kappa shape index (κ3) is 1.30. The van der Waals surface area contributed by atoms with Gasteiger partial charge in [-0.25, -0.2) is 0 Å². The molecule has 5 aliphatic rings. The summed E-state index contributed by atoms with van der Waals surface area (Å²) in [7, 11) is 0. The highest BCUT2D eigenvalue weighted by Crippen LogP contribution is 2.71. The number of rotatable bonds is 0. The van der Waals surface area contributed by atoms with Crippen LogP contribution in [0.2, 0.25) is 0 Å². The van der Waals surface area contributed by atoms with Crippen LogP contribution in [-0.4, -0.2) is 0 Å². The molecule has 5 aliphatic carbocycles. The number of fused-ring (bicyclic) bond motifs is 1. The first-order chi connectivity index (χ1) is 11.2. The van der Waals surface area contributed by atoms with E-state index in [1.165, 1.54) is 17.6 Å². The van der Waals surface area contributed by atoms with Crippen LogP contribution in [0.1, 0.15) is 32.1 Å². The Morgan fingerprint density at radius 3 is 1.43 bits per heavy atom. The van der Waals surface area contributed by atoms with Gasteiger partial charge in [-0.05, 0) is 37.5 Å². The van der Waals surface area contributed by atoms with Gasteiger partial charge in [0.2, 0.25) is 0 Å². The minimum absolute atomic E-state index is 0.187. The average Bonchev–Trinajstić information content (AvgIpc) is 2.80. The molecule has 0 amide bonds. The first-order valence-electron chi connectivity index (χ1n) is 8.26. The van der Waals surface area contributed by atoms with E-state index in [1.54, 1.807) is 0 Å². The molecule has 0 heterocycles. The van der Waals surface area contributed by atoms with Crippen LogP contribution in [0.5, 0.6) is 0 Å². The summed E-state index contributed by atoms with van der Waals surface area (Å²) in [6.07, 6.45) is 9.52. The molecule has 0 unspecified atom stereocenters. The predicted octanol–water partition coefficient (Wildman–Crippen LogP) is 3.38. The third-order valence-corrected chi connectivity index (χ3v) is 6.62. The van der Waals surface area contributed by atoms with Crippen LogP contribution in [0.3, 0.4) is 0 Å². The van der Waals surface area contributed by atoms with Crippen molar-refractivity contribution in [2.24, 2.45) is 34.5 Å². The van der Waals surface area contributed by atoms with E-state index in [9.17, 15) is 21.0 Å². The van der Waals surface area contributed by atoms with Gasteiger partial charge in [-0.1, -0.05) is 29.7 Å². The second kappa shape index (κ2) is 4.47. The molecule has 0 N–H and O–H groups in total. The summed E-state index contributed by atoms with van der Waals surface area (Å²) in [6.45, 7) is 0. The van der Waals surface area contributed by atoms with Gasteiger partial charge in [0.15, 0.2) is 10.8 Å². The zero-order valence-electron chi connectivity index (χ0n) is 12.8. The van der Waals surface area contributed by atoms with Gasteiger partial charge in [0.05, 0.1) is 24.3 Å². The van der Waals surface area contributed by atoms with Gasteiger partial charge in [-0.3, -0.25) is 0 Å². The van der Waals surface area contributed by atoms with Crippen LogP contribution < -0.4 is 0 Å². The number of allylic oxidation sites excluding steroid dienone is 4. The first kappa shape index (κ1) is 14.1. The molecule has 23 heavy (non-hydrogen) atoms. The Bertz CT molecular complexity index is 710. The van der Waals surface area contributed by atoms with Crippen LogP contribution in [0, 0.1) is 79.8 Å². The van der Waals surface area contributed by atoms with E-state index < -0.39 is 10.8 Å². The lowest BCUT2D eigenvalue weighted by atomic mass is 9.36. The number of hydrogen-bond donors (Lipinski definition) is 0. The Balaban J connectivity index is 1.94. The normalized spacial score (nSPS) is 37.7. The van der Waals surface area contributed by atoms with Gasteiger partial charge in [-0.15, -0.1) is 0 Å². The Morgan fingerprint density at radius 1 is 0.696 bits per heavy atom. The predicted molar refractivity (Wildman–Crippen MR) is 80.5 cm³/mol. The highest BCUT2D eigenvalue weighted by Gasteiger charge is 2.74. The minimum Gasteiger partial charge on any atom is -0.196 e. The van der Waals surface area contributed by atoms with Gasteiger partial charge in [0.25, 0.3) is 0 Å². The number of hydrogen-bond acceptors (Lipinski definition) is 4. The van der Waals surface area contributed by atoms with E-state index in [-0.39, 0.29) is 23.7 Å². The second-order valence-corrected chi connectivity index (χ2v) is 7.16. The van der Waals surface area contributed by atoms with E-state index in [1.807, 2.05) is 12.2 Å². The number of nitriles is 4. The van der Waals surface area contributed by atoms with Crippen molar-refractivity contribution in [3.05, 3.63) is 23.3 Å². The second-order valence-electron chi connectivity index (χ2n) is 7.16. The molecule has 0 aromatic rings. The van der Waals surface area contributed by atoms with E-state index in [2.05, 4.69) is 24.3 Å². The maximum absolute atomic E-state index is 9.82. The molecule has 4 heteroatoms.